The van der Waals surface area contributed by atoms with Gasteiger partial charge in [-0.05, 0) is 43.2 Å². The second-order valence-corrected chi connectivity index (χ2v) is 8.39. The molecular weight excluding hydrogens is 412 g/mol. The Balaban J connectivity index is 1.57. The molecule has 1 amide bonds. The molecule has 3 aromatic heterocycles. The lowest BCUT2D eigenvalue weighted by atomic mass is 10.0. The van der Waals surface area contributed by atoms with Gasteiger partial charge in [0.1, 0.15) is 0 Å². The normalized spacial score (nSPS) is 13.2. The van der Waals surface area contributed by atoms with E-state index in [1.54, 1.807) is 6.07 Å². The maximum absolute atomic E-state index is 13.3. The summed E-state index contributed by atoms with van der Waals surface area (Å²) in [6.07, 6.45) is 2.63. The number of carbonyl (C=O) groups excluding carboxylic acids is 1. The molecule has 2 aliphatic heterocycles. The minimum Gasteiger partial charge on any atom is -0.310 e. The maximum Gasteiger partial charge on any atom is 0.258 e. The molecule has 0 saturated heterocycles. The van der Waals surface area contributed by atoms with E-state index < -0.39 is 0 Å². The van der Waals surface area contributed by atoms with E-state index in [1.807, 2.05) is 55.2 Å². The van der Waals surface area contributed by atoms with E-state index in [9.17, 15) is 4.79 Å². The number of nitrogens with one attached hydrogen (secondary N) is 1. The monoisotopic (exact) mass is 434 g/mol. The van der Waals surface area contributed by atoms with Gasteiger partial charge in [0.25, 0.3) is 5.91 Å². The van der Waals surface area contributed by atoms with Crippen molar-refractivity contribution >= 4 is 22.9 Å². The summed E-state index contributed by atoms with van der Waals surface area (Å²) in [5.74, 6) is 0.337. The van der Waals surface area contributed by atoms with Crippen molar-refractivity contribution in [2.75, 3.05) is 5.32 Å². The Morgan fingerprint density at radius 1 is 0.970 bits per heavy atom. The zero-order valence-corrected chi connectivity index (χ0v) is 18.4. The predicted octanol–water partition coefficient (Wildman–Crippen LogP) is 4.62. The van der Waals surface area contributed by atoms with Crippen molar-refractivity contribution in [3.63, 3.8) is 0 Å². The maximum atomic E-state index is 13.3. The van der Waals surface area contributed by atoms with Gasteiger partial charge in [-0.1, -0.05) is 36.4 Å². The summed E-state index contributed by atoms with van der Waals surface area (Å²) in [5.41, 5.74) is 8.01. The summed E-state index contributed by atoms with van der Waals surface area (Å²) in [5, 5.41) is 7.52. The number of para-hydroxylation sites is 2. The zero-order chi connectivity index (χ0) is 22.5. The molecule has 7 nitrogen and oxygen atoms in total. The smallest absolute Gasteiger partial charge is 0.258 e. The molecule has 0 unspecified atom stereocenters. The van der Waals surface area contributed by atoms with Gasteiger partial charge >= 0.3 is 0 Å². The van der Waals surface area contributed by atoms with Crippen LogP contribution in [0.1, 0.15) is 21.6 Å². The lowest BCUT2D eigenvalue weighted by molar-refractivity contribution is 0.102. The number of pyridine rings is 1. The third-order valence-corrected chi connectivity index (χ3v) is 6.16. The Labute approximate surface area is 190 Å². The van der Waals surface area contributed by atoms with E-state index in [2.05, 4.69) is 39.2 Å². The Kier molecular flexibility index (Phi) is 4.36. The number of anilines is 1. The molecule has 5 heterocycles. The topological polar surface area (TPSA) is 77.6 Å². The highest BCUT2D eigenvalue weighted by molar-refractivity contribution is 6.05. The molecule has 2 aliphatic rings. The quantitative estimate of drug-likeness (QED) is 0.386. The van der Waals surface area contributed by atoms with Gasteiger partial charge in [-0.25, -0.2) is 4.98 Å². The van der Waals surface area contributed by atoms with Crippen molar-refractivity contribution < 1.29 is 4.79 Å². The van der Waals surface area contributed by atoms with Gasteiger partial charge in [0.2, 0.25) is 5.95 Å². The summed E-state index contributed by atoms with van der Waals surface area (Å²) in [7, 11) is 1.92. The average Bonchev–Trinajstić information content (AvgIpc) is 3.37. The van der Waals surface area contributed by atoms with Crippen LogP contribution >= 0.6 is 0 Å². The molecule has 0 radical (unpaired) electrons. The summed E-state index contributed by atoms with van der Waals surface area (Å²) in [4.78, 5) is 22.7. The molecule has 4 bridgehead atoms. The van der Waals surface area contributed by atoms with E-state index in [1.165, 1.54) is 5.56 Å². The van der Waals surface area contributed by atoms with Crippen molar-refractivity contribution in [1.82, 2.24) is 24.3 Å². The standard InChI is InChI=1S/C26H22N6O/c1-16-13-19-14-22(28-16)20-15-27-31(2)24(20)18-9-7-17(8-10-18)11-12-32-23-6-4-3-5-21(23)29-26(32)30-25(19)33/h3-10,13-15H,11-12H2,1-2H3,(H,29,30,33). The number of hydrogen-bond donors (Lipinski definition) is 1. The van der Waals surface area contributed by atoms with Gasteiger partial charge in [0.05, 0.1) is 28.6 Å². The molecule has 0 saturated carbocycles. The van der Waals surface area contributed by atoms with Crippen LogP contribution in [0.15, 0.2) is 66.9 Å². The van der Waals surface area contributed by atoms with Crippen LogP contribution in [0.4, 0.5) is 5.95 Å². The number of amides is 1. The van der Waals surface area contributed by atoms with Crippen LogP contribution in [0, 0.1) is 6.92 Å². The number of rotatable bonds is 0. The minimum absolute atomic E-state index is 0.210. The summed E-state index contributed by atoms with van der Waals surface area (Å²) < 4.78 is 3.93. The van der Waals surface area contributed by atoms with Gasteiger partial charge in [-0.15, -0.1) is 0 Å². The average molecular weight is 435 g/mol. The number of benzene rings is 2. The van der Waals surface area contributed by atoms with Gasteiger partial charge in [-0.2, -0.15) is 5.10 Å². The van der Waals surface area contributed by atoms with Gasteiger partial charge < -0.3 is 4.57 Å². The van der Waals surface area contributed by atoms with Crippen molar-refractivity contribution in [3.05, 3.63) is 83.7 Å². The number of aromatic nitrogens is 5. The first-order valence-corrected chi connectivity index (χ1v) is 10.9. The number of imidazole rings is 1. The molecule has 7 rings (SSSR count). The zero-order valence-electron chi connectivity index (χ0n) is 18.4. The van der Waals surface area contributed by atoms with Gasteiger partial charge in [0.15, 0.2) is 0 Å². The molecule has 1 N–H and O–H groups in total. The fourth-order valence-corrected chi connectivity index (χ4v) is 4.55. The molecule has 162 valence electrons. The molecule has 0 fully saturated rings. The van der Waals surface area contributed by atoms with E-state index in [0.717, 1.165) is 45.7 Å². The number of aryl methyl sites for hydroxylation is 4. The van der Waals surface area contributed by atoms with Crippen LogP contribution in [0.2, 0.25) is 0 Å². The van der Waals surface area contributed by atoms with Crippen LogP contribution in [-0.4, -0.2) is 30.2 Å². The van der Waals surface area contributed by atoms with Crippen molar-refractivity contribution in [1.29, 1.82) is 0 Å². The number of carbonyl (C=O) groups is 1. The molecule has 33 heavy (non-hydrogen) atoms. The lowest BCUT2D eigenvalue weighted by Crippen LogP contribution is -2.17. The Morgan fingerprint density at radius 2 is 1.79 bits per heavy atom. The highest BCUT2D eigenvalue weighted by Crippen LogP contribution is 2.32. The van der Waals surface area contributed by atoms with Crippen LogP contribution in [-0.2, 0) is 20.0 Å². The Morgan fingerprint density at radius 3 is 2.64 bits per heavy atom. The number of fused-ring (bicyclic) bond motifs is 5. The lowest BCUT2D eigenvalue weighted by Gasteiger charge is -2.11. The molecule has 0 aliphatic carbocycles. The van der Waals surface area contributed by atoms with Gasteiger partial charge in [0, 0.05) is 36.0 Å². The fourth-order valence-electron chi connectivity index (χ4n) is 4.55. The highest BCUT2D eigenvalue weighted by Gasteiger charge is 2.19. The van der Waals surface area contributed by atoms with Crippen molar-refractivity contribution in [2.24, 2.45) is 7.05 Å². The van der Waals surface area contributed by atoms with Crippen LogP contribution in [0.5, 0.6) is 0 Å². The minimum atomic E-state index is -0.210. The van der Waals surface area contributed by atoms with E-state index in [-0.39, 0.29) is 5.91 Å². The predicted molar refractivity (Wildman–Crippen MR) is 128 cm³/mol. The third-order valence-electron chi connectivity index (χ3n) is 6.16. The van der Waals surface area contributed by atoms with E-state index >= 15 is 0 Å². The molecule has 0 atom stereocenters. The fraction of sp³-hybridized carbons (Fsp3) is 0.154. The van der Waals surface area contributed by atoms with Crippen molar-refractivity contribution in [2.45, 2.75) is 19.9 Å². The number of nitrogens with zero attached hydrogens (tertiary/aromatic N) is 5. The van der Waals surface area contributed by atoms with Gasteiger partial charge in [-0.3, -0.25) is 19.8 Å². The molecule has 5 aromatic rings. The number of hydrogen-bond acceptors (Lipinski definition) is 4. The Bertz CT molecular complexity index is 1530. The molecule has 0 spiro atoms. The second kappa shape index (κ2) is 7.41. The second-order valence-electron chi connectivity index (χ2n) is 8.39. The van der Waals surface area contributed by atoms with Crippen molar-refractivity contribution in [3.8, 4) is 22.5 Å². The molecule has 2 aromatic carbocycles. The first kappa shape index (κ1) is 19.4. The summed E-state index contributed by atoms with van der Waals surface area (Å²) in [6.45, 7) is 2.60. The van der Waals surface area contributed by atoms with Crippen LogP contribution < -0.4 is 5.32 Å². The highest BCUT2D eigenvalue weighted by atomic mass is 16.1. The SMILES string of the molecule is Cc1cc2cc(n1)-c1cnn(C)c1-c1ccc(cc1)CCn1c(nc3ccccc31)NC2=O. The van der Waals surface area contributed by atoms with Crippen LogP contribution in [0.3, 0.4) is 0 Å². The summed E-state index contributed by atoms with van der Waals surface area (Å²) in [6, 6.07) is 20.1. The summed E-state index contributed by atoms with van der Waals surface area (Å²) >= 11 is 0. The van der Waals surface area contributed by atoms with Crippen LogP contribution in [0.25, 0.3) is 33.5 Å². The molecule has 7 heteroatoms. The van der Waals surface area contributed by atoms with E-state index in [0.29, 0.717) is 18.1 Å². The van der Waals surface area contributed by atoms with E-state index in [4.69, 9.17) is 9.97 Å². The molecular formula is C26H22N6O. The largest absolute Gasteiger partial charge is 0.310 e. The third kappa shape index (κ3) is 3.29. The Hall–Kier alpha value is -4.26. The first-order chi connectivity index (χ1) is 16.1. The first-order valence-electron chi connectivity index (χ1n) is 10.9.